The number of rotatable bonds is 8. The Labute approximate surface area is 170 Å². The number of hydrogen-bond acceptors (Lipinski definition) is 4. The Hall–Kier alpha value is -1.31. The van der Waals surface area contributed by atoms with Crippen molar-refractivity contribution in [1.82, 2.24) is 10.6 Å². The lowest BCUT2D eigenvalue weighted by Gasteiger charge is -2.21. The summed E-state index contributed by atoms with van der Waals surface area (Å²) < 4.78 is 12.3. The first-order valence-electron chi connectivity index (χ1n) is 9.88. The molecule has 27 heavy (non-hydrogen) atoms. The highest BCUT2D eigenvalue weighted by Gasteiger charge is 2.24. The van der Waals surface area contributed by atoms with Gasteiger partial charge in [0.05, 0.1) is 18.9 Å². The summed E-state index contributed by atoms with van der Waals surface area (Å²) in [5, 5.41) is 6.94. The maximum absolute atomic E-state index is 5.75. The van der Waals surface area contributed by atoms with E-state index >= 15 is 0 Å². The minimum atomic E-state index is 0.405. The molecule has 0 aliphatic carbocycles. The number of ether oxygens (including phenoxy) is 2. The summed E-state index contributed by atoms with van der Waals surface area (Å²) in [6.07, 6.45) is 3.21. The minimum absolute atomic E-state index is 0.405. The minimum Gasteiger partial charge on any atom is -0.381 e. The zero-order valence-corrected chi connectivity index (χ0v) is 17.7. The molecule has 3 rings (SSSR count). The van der Waals surface area contributed by atoms with Gasteiger partial charge in [-0.1, -0.05) is 12.1 Å². The number of anilines is 1. The Kier molecular flexibility index (Phi) is 8.23. The highest BCUT2D eigenvalue weighted by molar-refractivity contribution is 9.10. The summed E-state index contributed by atoms with van der Waals surface area (Å²) in [5.74, 6) is 1.46. The van der Waals surface area contributed by atoms with E-state index in [1.165, 1.54) is 5.69 Å². The van der Waals surface area contributed by atoms with Crippen LogP contribution in [0.2, 0.25) is 0 Å². The maximum atomic E-state index is 5.75. The predicted octanol–water partition coefficient (Wildman–Crippen LogP) is 2.64. The van der Waals surface area contributed by atoms with Gasteiger partial charge in [0.2, 0.25) is 0 Å². The van der Waals surface area contributed by atoms with Crippen molar-refractivity contribution in [2.24, 2.45) is 10.9 Å². The van der Waals surface area contributed by atoms with Gasteiger partial charge in [-0.3, -0.25) is 4.99 Å². The number of halogens is 1. The third-order valence-electron chi connectivity index (χ3n) is 5.08. The van der Waals surface area contributed by atoms with Crippen LogP contribution >= 0.6 is 15.9 Å². The predicted molar refractivity (Wildman–Crippen MR) is 114 cm³/mol. The lowest BCUT2D eigenvalue weighted by atomic mass is 10.1. The van der Waals surface area contributed by atoms with Gasteiger partial charge in [-0.2, -0.15) is 0 Å². The summed E-state index contributed by atoms with van der Waals surface area (Å²) >= 11 is 3.65. The fraction of sp³-hybridized carbons (Fsp3) is 0.650. The van der Waals surface area contributed by atoms with Gasteiger partial charge in [-0.05, 0) is 47.3 Å². The first kappa shape index (κ1) is 20.4. The van der Waals surface area contributed by atoms with E-state index in [9.17, 15) is 0 Å². The molecule has 2 atom stereocenters. The van der Waals surface area contributed by atoms with Crippen molar-refractivity contribution in [3.8, 4) is 0 Å². The molecule has 7 heteroatoms. The highest BCUT2D eigenvalue weighted by atomic mass is 79.9. The van der Waals surface area contributed by atoms with E-state index in [0.29, 0.717) is 12.0 Å². The summed E-state index contributed by atoms with van der Waals surface area (Å²) in [6.45, 7) is 6.23. The molecule has 0 saturated carbocycles. The van der Waals surface area contributed by atoms with E-state index in [0.717, 1.165) is 75.8 Å². The van der Waals surface area contributed by atoms with Gasteiger partial charge in [-0.25, -0.2) is 0 Å². The number of nitrogens with one attached hydrogen (secondary N) is 2. The smallest absolute Gasteiger partial charge is 0.191 e. The van der Waals surface area contributed by atoms with Crippen LogP contribution in [0, 0.1) is 5.92 Å². The molecule has 6 nitrogen and oxygen atoms in total. The fourth-order valence-electron chi connectivity index (χ4n) is 3.54. The van der Waals surface area contributed by atoms with Gasteiger partial charge in [-0.15, -0.1) is 0 Å². The van der Waals surface area contributed by atoms with Crippen molar-refractivity contribution in [3.63, 3.8) is 0 Å². The average Bonchev–Trinajstić information content (AvgIpc) is 3.36. The van der Waals surface area contributed by atoms with Crippen molar-refractivity contribution < 1.29 is 9.47 Å². The molecule has 0 spiro atoms. The summed E-state index contributed by atoms with van der Waals surface area (Å²) in [7, 11) is 1.83. The molecule has 1 aromatic rings. The molecule has 2 aliphatic heterocycles. The second-order valence-electron chi connectivity index (χ2n) is 7.18. The molecule has 0 radical (unpaired) electrons. The van der Waals surface area contributed by atoms with Gasteiger partial charge in [0, 0.05) is 56.3 Å². The van der Waals surface area contributed by atoms with Crippen LogP contribution < -0.4 is 15.5 Å². The van der Waals surface area contributed by atoms with E-state index in [-0.39, 0.29) is 0 Å². The van der Waals surface area contributed by atoms with E-state index in [1.54, 1.807) is 0 Å². The second kappa shape index (κ2) is 10.9. The number of benzene rings is 1. The van der Waals surface area contributed by atoms with Crippen LogP contribution in [-0.2, 0) is 9.47 Å². The van der Waals surface area contributed by atoms with Crippen LogP contribution in [-0.4, -0.2) is 65.1 Å². The highest BCUT2D eigenvalue weighted by Crippen LogP contribution is 2.28. The monoisotopic (exact) mass is 438 g/mol. The Balaban J connectivity index is 1.31. The van der Waals surface area contributed by atoms with Crippen molar-refractivity contribution in [1.29, 1.82) is 0 Å². The van der Waals surface area contributed by atoms with Crippen molar-refractivity contribution >= 4 is 27.6 Å². The number of para-hydroxylation sites is 1. The van der Waals surface area contributed by atoms with Gasteiger partial charge in [0.1, 0.15) is 0 Å². The van der Waals surface area contributed by atoms with Crippen LogP contribution in [0.15, 0.2) is 33.7 Å². The largest absolute Gasteiger partial charge is 0.381 e. The molecule has 0 bridgehead atoms. The molecule has 2 fully saturated rings. The zero-order valence-electron chi connectivity index (χ0n) is 16.1. The van der Waals surface area contributed by atoms with Crippen molar-refractivity contribution in [2.45, 2.75) is 25.3 Å². The zero-order chi connectivity index (χ0) is 18.9. The summed E-state index contributed by atoms with van der Waals surface area (Å²) in [6, 6.07) is 8.80. The molecular weight excluding hydrogens is 408 g/mol. The van der Waals surface area contributed by atoms with E-state index < -0.39 is 0 Å². The number of guanidine groups is 1. The Morgan fingerprint density at radius 3 is 3.04 bits per heavy atom. The lowest BCUT2D eigenvalue weighted by Crippen LogP contribution is -2.45. The Morgan fingerprint density at radius 2 is 2.26 bits per heavy atom. The van der Waals surface area contributed by atoms with Crippen molar-refractivity contribution in [2.75, 3.05) is 58.0 Å². The third kappa shape index (κ3) is 6.36. The summed E-state index contributed by atoms with van der Waals surface area (Å²) in [4.78, 5) is 6.77. The first-order chi connectivity index (χ1) is 13.3. The van der Waals surface area contributed by atoms with Crippen LogP contribution in [0.3, 0.4) is 0 Å². The van der Waals surface area contributed by atoms with Crippen LogP contribution in [0.25, 0.3) is 0 Å². The van der Waals surface area contributed by atoms with Gasteiger partial charge in [0.25, 0.3) is 0 Å². The molecule has 2 N–H and O–H groups in total. The molecular formula is C20H31BrN4O2. The fourth-order valence-corrected chi connectivity index (χ4v) is 4.07. The lowest BCUT2D eigenvalue weighted by molar-refractivity contribution is 0.0888. The maximum Gasteiger partial charge on any atom is 0.191 e. The Bertz CT molecular complexity index is 607. The topological polar surface area (TPSA) is 58.1 Å². The van der Waals surface area contributed by atoms with Crippen molar-refractivity contribution in [3.05, 3.63) is 28.7 Å². The molecule has 2 heterocycles. The first-order valence-corrected chi connectivity index (χ1v) is 10.7. The second-order valence-corrected chi connectivity index (χ2v) is 8.04. The molecule has 2 saturated heterocycles. The van der Waals surface area contributed by atoms with Crippen LogP contribution in [0.4, 0.5) is 5.69 Å². The Morgan fingerprint density at radius 1 is 1.37 bits per heavy atom. The van der Waals surface area contributed by atoms with Crippen LogP contribution in [0.5, 0.6) is 0 Å². The average molecular weight is 439 g/mol. The van der Waals surface area contributed by atoms with E-state index in [2.05, 4.69) is 60.7 Å². The third-order valence-corrected chi connectivity index (χ3v) is 5.75. The molecule has 1 aromatic carbocycles. The summed E-state index contributed by atoms with van der Waals surface area (Å²) in [5.41, 5.74) is 1.26. The van der Waals surface area contributed by atoms with E-state index in [1.807, 2.05) is 7.05 Å². The van der Waals surface area contributed by atoms with Gasteiger partial charge >= 0.3 is 0 Å². The standard InChI is InChI=1S/C20H31BrN4O2/c1-22-20(23-9-4-11-26-14-16-8-12-27-15-16)24-17-7-10-25(13-17)19-6-3-2-5-18(19)21/h2-3,5-6,16-17H,4,7-15H2,1H3,(H2,22,23,24). The normalized spacial score (nSPS) is 23.0. The van der Waals surface area contributed by atoms with E-state index in [4.69, 9.17) is 9.47 Å². The van der Waals surface area contributed by atoms with Gasteiger partial charge in [0.15, 0.2) is 5.96 Å². The molecule has 2 unspecified atom stereocenters. The number of nitrogens with zero attached hydrogens (tertiary/aromatic N) is 2. The quantitative estimate of drug-likeness (QED) is 0.371. The molecule has 0 amide bonds. The molecule has 0 aromatic heterocycles. The SMILES string of the molecule is CN=C(NCCCOCC1CCOC1)NC1CCN(c2ccccc2Br)C1. The van der Waals surface area contributed by atoms with Gasteiger partial charge < -0.3 is 25.0 Å². The number of hydrogen-bond donors (Lipinski definition) is 2. The molecule has 2 aliphatic rings. The molecule has 150 valence electrons. The number of aliphatic imine (C=N–C) groups is 1. The van der Waals surface area contributed by atoms with Crippen LogP contribution in [0.1, 0.15) is 19.3 Å².